The molecule has 0 aliphatic carbocycles. The molecule has 1 aliphatic heterocycles. The van der Waals surface area contributed by atoms with Crippen molar-refractivity contribution in [1.29, 1.82) is 0 Å². The minimum atomic E-state index is 0.150. The van der Waals surface area contributed by atoms with Crippen LogP contribution in [-0.2, 0) is 0 Å². The average molecular weight is 331 g/mol. The second-order valence-corrected chi connectivity index (χ2v) is 6.27. The molecule has 0 bridgehead atoms. The van der Waals surface area contributed by atoms with Crippen molar-refractivity contribution in [2.75, 3.05) is 5.75 Å². The predicted octanol–water partition coefficient (Wildman–Crippen LogP) is 4.82. The maximum absolute atomic E-state index is 12.4. The van der Waals surface area contributed by atoms with Crippen LogP contribution in [0.15, 0.2) is 63.5 Å². The summed E-state index contributed by atoms with van der Waals surface area (Å²) in [6.45, 7) is 0. The highest BCUT2D eigenvalue weighted by Gasteiger charge is 2.21. The Morgan fingerprint density at radius 2 is 1.79 bits per heavy atom. The van der Waals surface area contributed by atoms with Gasteiger partial charge in [0.1, 0.15) is 0 Å². The molecule has 2 aromatic carbocycles. The van der Waals surface area contributed by atoms with Crippen molar-refractivity contribution in [3.05, 3.63) is 69.7 Å². The monoisotopic (exact) mass is 330 g/mol. The van der Waals surface area contributed by atoms with Crippen LogP contribution in [0, 0.1) is 0 Å². The van der Waals surface area contributed by atoms with Gasteiger partial charge in [-0.1, -0.05) is 40.2 Å². The Morgan fingerprint density at radius 3 is 2.58 bits per heavy atom. The molecule has 0 radical (unpaired) electrons. The van der Waals surface area contributed by atoms with E-state index in [9.17, 15) is 4.79 Å². The van der Waals surface area contributed by atoms with E-state index in [0.29, 0.717) is 0 Å². The highest BCUT2D eigenvalue weighted by molar-refractivity contribution is 9.10. The topological polar surface area (TPSA) is 17.1 Å². The van der Waals surface area contributed by atoms with Gasteiger partial charge in [0.2, 0.25) is 0 Å². The van der Waals surface area contributed by atoms with Crippen molar-refractivity contribution in [2.24, 2.45) is 0 Å². The Balaban J connectivity index is 1.96. The fraction of sp³-hybridized carbons (Fsp3) is 0.0625. The van der Waals surface area contributed by atoms with Crippen LogP contribution in [-0.4, -0.2) is 11.5 Å². The number of carbonyl (C=O) groups is 1. The van der Waals surface area contributed by atoms with Crippen LogP contribution in [0.4, 0.5) is 0 Å². The smallest absolute Gasteiger partial charge is 0.191 e. The molecule has 0 amide bonds. The Labute approximate surface area is 124 Å². The minimum absolute atomic E-state index is 0.150. The summed E-state index contributed by atoms with van der Waals surface area (Å²) in [7, 11) is 0. The number of carbonyl (C=O) groups excluding carboxylic acids is 1. The third-order valence-electron chi connectivity index (χ3n) is 3.02. The number of rotatable bonds is 1. The number of benzene rings is 2. The quantitative estimate of drug-likeness (QED) is 0.697. The highest BCUT2D eigenvalue weighted by Crippen LogP contribution is 2.33. The van der Waals surface area contributed by atoms with Gasteiger partial charge in [0.25, 0.3) is 0 Å². The van der Waals surface area contributed by atoms with Gasteiger partial charge in [0.15, 0.2) is 5.78 Å². The number of Topliss-reactive ketones (excluding diaryl/α,β-unsaturated/α-hetero) is 1. The summed E-state index contributed by atoms with van der Waals surface area (Å²) in [4.78, 5) is 13.5. The average Bonchev–Trinajstić information content (AvgIpc) is 2.45. The maximum Gasteiger partial charge on any atom is 0.191 e. The van der Waals surface area contributed by atoms with Crippen LogP contribution < -0.4 is 0 Å². The van der Waals surface area contributed by atoms with Crippen molar-refractivity contribution < 1.29 is 4.79 Å². The van der Waals surface area contributed by atoms with E-state index in [1.807, 2.05) is 54.6 Å². The maximum atomic E-state index is 12.4. The molecule has 0 atom stereocenters. The predicted molar refractivity (Wildman–Crippen MR) is 83.6 cm³/mol. The lowest BCUT2D eigenvalue weighted by atomic mass is 10.0. The molecule has 0 fully saturated rings. The van der Waals surface area contributed by atoms with Crippen LogP contribution in [0.3, 0.4) is 0 Å². The first kappa shape index (κ1) is 12.7. The third-order valence-corrected chi connectivity index (χ3v) is 4.67. The van der Waals surface area contributed by atoms with Gasteiger partial charge < -0.3 is 0 Å². The van der Waals surface area contributed by atoms with Crippen LogP contribution in [0.2, 0.25) is 0 Å². The second-order valence-electron chi connectivity index (χ2n) is 4.34. The second kappa shape index (κ2) is 5.35. The molecule has 0 spiro atoms. The summed E-state index contributed by atoms with van der Waals surface area (Å²) < 4.78 is 1.05. The van der Waals surface area contributed by atoms with E-state index in [4.69, 9.17) is 0 Å². The van der Waals surface area contributed by atoms with Crippen LogP contribution >= 0.6 is 27.7 Å². The molecule has 2 aromatic rings. The van der Waals surface area contributed by atoms with Crippen molar-refractivity contribution in [2.45, 2.75) is 4.90 Å². The van der Waals surface area contributed by atoms with Gasteiger partial charge in [-0.3, -0.25) is 4.79 Å². The first-order valence-electron chi connectivity index (χ1n) is 5.97. The lowest BCUT2D eigenvalue weighted by molar-refractivity contribution is 0.103. The number of fused-ring (bicyclic) bond motifs is 1. The molecule has 3 heteroatoms. The van der Waals surface area contributed by atoms with Gasteiger partial charge in [-0.15, -0.1) is 11.8 Å². The summed E-state index contributed by atoms with van der Waals surface area (Å²) in [5.41, 5.74) is 2.75. The van der Waals surface area contributed by atoms with Crippen LogP contribution in [0.25, 0.3) is 6.08 Å². The van der Waals surface area contributed by atoms with E-state index in [1.54, 1.807) is 11.8 Å². The standard InChI is InChI=1S/C16H11BrOS/c17-13-7-5-11(6-8-13)9-12-10-19-15-4-2-1-3-14(15)16(12)18/h1-9H,10H2/b12-9+. The van der Waals surface area contributed by atoms with E-state index >= 15 is 0 Å². The van der Waals surface area contributed by atoms with Crippen molar-refractivity contribution >= 4 is 39.6 Å². The fourth-order valence-corrected chi connectivity index (χ4v) is 3.32. The lowest BCUT2D eigenvalue weighted by Crippen LogP contribution is -2.11. The number of hydrogen-bond donors (Lipinski definition) is 0. The number of ketones is 1. The van der Waals surface area contributed by atoms with Gasteiger partial charge in [0.05, 0.1) is 0 Å². The fourth-order valence-electron chi connectivity index (χ4n) is 2.04. The SMILES string of the molecule is O=C1/C(=C/c2ccc(Br)cc2)CSc2ccccc21. The molecule has 1 nitrogen and oxygen atoms in total. The largest absolute Gasteiger partial charge is 0.289 e. The van der Waals surface area contributed by atoms with Gasteiger partial charge in [-0.05, 0) is 35.9 Å². The highest BCUT2D eigenvalue weighted by atomic mass is 79.9. The molecular formula is C16H11BrOS. The van der Waals surface area contributed by atoms with Crippen LogP contribution in [0.5, 0.6) is 0 Å². The molecular weight excluding hydrogens is 320 g/mol. The van der Waals surface area contributed by atoms with E-state index in [0.717, 1.165) is 31.8 Å². The van der Waals surface area contributed by atoms with Gasteiger partial charge in [-0.2, -0.15) is 0 Å². The molecule has 19 heavy (non-hydrogen) atoms. The molecule has 1 aliphatic rings. The van der Waals surface area contributed by atoms with Gasteiger partial charge in [0, 0.05) is 26.3 Å². The first-order chi connectivity index (χ1) is 9.24. The Morgan fingerprint density at radius 1 is 1.05 bits per heavy atom. The summed E-state index contributed by atoms with van der Waals surface area (Å²) in [6, 6.07) is 15.8. The number of thioether (sulfide) groups is 1. The Hall–Kier alpha value is -1.32. The zero-order chi connectivity index (χ0) is 13.2. The van der Waals surface area contributed by atoms with Crippen molar-refractivity contribution in [1.82, 2.24) is 0 Å². The summed E-state index contributed by atoms with van der Waals surface area (Å²) >= 11 is 5.14. The number of hydrogen-bond acceptors (Lipinski definition) is 2. The Kier molecular flexibility index (Phi) is 3.58. The number of halogens is 1. The van der Waals surface area contributed by atoms with Gasteiger partial charge >= 0.3 is 0 Å². The van der Waals surface area contributed by atoms with Crippen molar-refractivity contribution in [3.8, 4) is 0 Å². The summed E-state index contributed by atoms with van der Waals surface area (Å²) in [6.07, 6.45) is 1.98. The zero-order valence-electron chi connectivity index (χ0n) is 10.1. The molecule has 3 rings (SSSR count). The molecule has 0 saturated heterocycles. The Bertz CT molecular complexity index is 659. The normalized spacial score (nSPS) is 16.5. The first-order valence-corrected chi connectivity index (χ1v) is 7.74. The third kappa shape index (κ3) is 2.67. The van der Waals surface area contributed by atoms with Gasteiger partial charge in [-0.25, -0.2) is 0 Å². The summed E-state index contributed by atoms with van der Waals surface area (Å²) in [5.74, 6) is 0.892. The minimum Gasteiger partial charge on any atom is -0.289 e. The molecule has 94 valence electrons. The van der Waals surface area contributed by atoms with Crippen molar-refractivity contribution in [3.63, 3.8) is 0 Å². The van der Waals surface area contributed by atoms with E-state index in [2.05, 4.69) is 15.9 Å². The molecule has 0 aromatic heterocycles. The molecule has 0 N–H and O–H groups in total. The van der Waals surface area contributed by atoms with E-state index < -0.39 is 0 Å². The van der Waals surface area contributed by atoms with E-state index in [1.165, 1.54) is 0 Å². The zero-order valence-corrected chi connectivity index (χ0v) is 12.5. The van der Waals surface area contributed by atoms with Crippen LogP contribution in [0.1, 0.15) is 15.9 Å². The molecule has 0 saturated carbocycles. The lowest BCUT2D eigenvalue weighted by Gasteiger charge is -2.16. The molecule has 0 unspecified atom stereocenters. The molecule has 1 heterocycles. The van der Waals surface area contributed by atoms with E-state index in [-0.39, 0.29) is 5.78 Å². The summed E-state index contributed by atoms with van der Waals surface area (Å²) in [5, 5.41) is 0.